The van der Waals surface area contributed by atoms with Gasteiger partial charge in [0.25, 0.3) is 5.91 Å². The van der Waals surface area contributed by atoms with Crippen LogP contribution in [0, 0.1) is 0 Å². The second-order valence-electron chi connectivity index (χ2n) is 5.50. The van der Waals surface area contributed by atoms with Crippen molar-refractivity contribution in [2.45, 2.75) is 19.3 Å². The minimum atomic E-state index is -0.251. The maximum atomic E-state index is 12.4. The van der Waals surface area contributed by atoms with Crippen molar-refractivity contribution in [2.24, 2.45) is 0 Å². The molecule has 1 N–H and O–H groups in total. The Labute approximate surface area is 135 Å². The summed E-state index contributed by atoms with van der Waals surface area (Å²) in [5.41, 5.74) is 1.04. The van der Waals surface area contributed by atoms with Crippen LogP contribution in [0.4, 0.5) is 11.5 Å². The molecule has 6 nitrogen and oxygen atoms in total. The molecule has 1 aromatic carbocycles. The molecule has 1 aliphatic rings. The van der Waals surface area contributed by atoms with Crippen LogP contribution in [0.5, 0.6) is 5.75 Å². The van der Waals surface area contributed by atoms with E-state index in [-0.39, 0.29) is 5.91 Å². The lowest BCUT2D eigenvalue weighted by Crippen LogP contribution is -2.30. The highest BCUT2D eigenvalue weighted by molar-refractivity contribution is 6.03. The largest absolute Gasteiger partial charge is 0.497 e. The van der Waals surface area contributed by atoms with Gasteiger partial charge >= 0.3 is 0 Å². The van der Waals surface area contributed by atoms with Gasteiger partial charge in [0.2, 0.25) is 0 Å². The number of methoxy groups -OCH3 is 1. The molecule has 1 aliphatic heterocycles. The van der Waals surface area contributed by atoms with Gasteiger partial charge in [-0.1, -0.05) is 6.07 Å². The van der Waals surface area contributed by atoms with Crippen molar-refractivity contribution in [3.8, 4) is 5.75 Å². The Balaban J connectivity index is 1.74. The lowest BCUT2D eigenvalue weighted by Gasteiger charge is -2.27. The molecule has 0 unspecified atom stereocenters. The molecule has 0 aliphatic carbocycles. The summed E-state index contributed by atoms with van der Waals surface area (Å²) in [4.78, 5) is 23.0. The summed E-state index contributed by atoms with van der Waals surface area (Å²) in [6.45, 7) is 1.96. The topological polar surface area (TPSA) is 67.3 Å². The Morgan fingerprint density at radius 1 is 1.17 bits per heavy atom. The van der Waals surface area contributed by atoms with Crippen LogP contribution in [0.3, 0.4) is 0 Å². The van der Waals surface area contributed by atoms with Crippen LogP contribution >= 0.6 is 0 Å². The average molecular weight is 312 g/mol. The fraction of sp³-hybridized carbons (Fsp3) is 0.353. The molecule has 1 fully saturated rings. The van der Waals surface area contributed by atoms with Crippen LogP contribution in [0.1, 0.15) is 29.8 Å². The van der Waals surface area contributed by atoms with Gasteiger partial charge in [-0.15, -0.1) is 0 Å². The molecule has 0 spiro atoms. The first-order valence-electron chi connectivity index (χ1n) is 7.78. The van der Waals surface area contributed by atoms with Crippen LogP contribution in [0.25, 0.3) is 0 Å². The highest BCUT2D eigenvalue weighted by Crippen LogP contribution is 2.19. The molecule has 0 saturated carbocycles. The molecule has 6 heteroatoms. The second kappa shape index (κ2) is 7.09. The molecule has 3 rings (SSSR count). The van der Waals surface area contributed by atoms with Gasteiger partial charge in [-0.2, -0.15) is 0 Å². The molecule has 0 atom stereocenters. The minimum absolute atomic E-state index is 0.251. The van der Waals surface area contributed by atoms with Gasteiger partial charge in [0.05, 0.1) is 7.11 Å². The van der Waals surface area contributed by atoms with E-state index >= 15 is 0 Å². The van der Waals surface area contributed by atoms with E-state index in [0.29, 0.717) is 17.1 Å². The van der Waals surface area contributed by atoms with E-state index in [1.807, 2.05) is 18.2 Å². The Morgan fingerprint density at radius 3 is 2.78 bits per heavy atom. The van der Waals surface area contributed by atoms with Crippen molar-refractivity contribution >= 4 is 17.4 Å². The smallest absolute Gasteiger partial charge is 0.274 e. The van der Waals surface area contributed by atoms with Crippen molar-refractivity contribution in [2.75, 3.05) is 30.4 Å². The Morgan fingerprint density at radius 2 is 2.00 bits per heavy atom. The normalized spacial score (nSPS) is 14.4. The molecule has 0 radical (unpaired) electrons. The van der Waals surface area contributed by atoms with E-state index in [1.54, 1.807) is 19.2 Å². The highest BCUT2D eigenvalue weighted by Gasteiger charge is 2.15. The third kappa shape index (κ3) is 3.77. The van der Waals surface area contributed by atoms with E-state index < -0.39 is 0 Å². The number of anilines is 2. The van der Waals surface area contributed by atoms with Gasteiger partial charge in [0.15, 0.2) is 0 Å². The van der Waals surface area contributed by atoms with Gasteiger partial charge in [0, 0.05) is 30.9 Å². The Hall–Kier alpha value is -2.63. The second-order valence-corrected chi connectivity index (χ2v) is 5.50. The molecular formula is C17H20N4O2. The van der Waals surface area contributed by atoms with Gasteiger partial charge in [0.1, 0.15) is 23.6 Å². The SMILES string of the molecule is COc1cccc(NC(=O)c2cc(N3CCCCC3)ncn2)c1. The molecule has 0 bridgehead atoms. The van der Waals surface area contributed by atoms with Gasteiger partial charge in [-0.05, 0) is 31.4 Å². The van der Waals surface area contributed by atoms with Crippen LogP contribution in [-0.4, -0.2) is 36.1 Å². The van der Waals surface area contributed by atoms with Crippen LogP contribution in [0.15, 0.2) is 36.7 Å². The Bertz CT molecular complexity index is 684. The number of carbonyl (C=O) groups is 1. The van der Waals surface area contributed by atoms with Crippen LogP contribution in [-0.2, 0) is 0 Å². The molecule has 2 aromatic rings. The van der Waals surface area contributed by atoms with Crippen molar-refractivity contribution in [3.05, 3.63) is 42.4 Å². The third-order valence-corrected chi connectivity index (χ3v) is 3.89. The number of carbonyl (C=O) groups excluding carboxylic acids is 1. The zero-order valence-electron chi connectivity index (χ0n) is 13.2. The number of ether oxygens (including phenoxy) is 1. The van der Waals surface area contributed by atoms with Crippen molar-refractivity contribution < 1.29 is 9.53 Å². The van der Waals surface area contributed by atoms with E-state index in [4.69, 9.17) is 4.74 Å². The fourth-order valence-electron chi connectivity index (χ4n) is 2.66. The first-order chi connectivity index (χ1) is 11.3. The van der Waals surface area contributed by atoms with Crippen LogP contribution in [0.2, 0.25) is 0 Å². The Kier molecular flexibility index (Phi) is 4.71. The lowest BCUT2D eigenvalue weighted by atomic mass is 10.1. The number of nitrogens with one attached hydrogen (secondary N) is 1. The number of hydrogen-bond acceptors (Lipinski definition) is 5. The first-order valence-corrected chi connectivity index (χ1v) is 7.78. The first kappa shape index (κ1) is 15.3. The van der Waals surface area contributed by atoms with Gasteiger partial charge < -0.3 is 15.0 Å². The summed E-state index contributed by atoms with van der Waals surface area (Å²) in [5, 5.41) is 2.84. The predicted octanol–water partition coefficient (Wildman–Crippen LogP) is 2.73. The summed E-state index contributed by atoms with van der Waals surface area (Å²) in [5.74, 6) is 1.26. The molecule has 120 valence electrons. The summed E-state index contributed by atoms with van der Waals surface area (Å²) in [7, 11) is 1.59. The predicted molar refractivity (Wildman–Crippen MR) is 89.0 cm³/mol. The fourth-order valence-corrected chi connectivity index (χ4v) is 2.66. The average Bonchev–Trinajstić information content (AvgIpc) is 2.63. The molecule has 1 amide bonds. The molecule has 1 saturated heterocycles. The zero-order chi connectivity index (χ0) is 16.1. The van der Waals surface area contributed by atoms with Crippen molar-refractivity contribution in [1.29, 1.82) is 0 Å². The molecule has 1 aromatic heterocycles. The van der Waals surface area contributed by atoms with Gasteiger partial charge in [-0.25, -0.2) is 9.97 Å². The minimum Gasteiger partial charge on any atom is -0.497 e. The summed E-state index contributed by atoms with van der Waals surface area (Å²) in [6, 6.07) is 8.99. The number of nitrogens with zero attached hydrogens (tertiary/aromatic N) is 3. The standard InChI is InChI=1S/C17H20N4O2/c1-23-14-7-5-6-13(10-14)20-17(22)15-11-16(19-12-18-15)21-8-3-2-4-9-21/h5-7,10-12H,2-4,8-9H2,1H3,(H,20,22). The number of hydrogen-bond donors (Lipinski definition) is 1. The van der Waals surface area contributed by atoms with E-state index in [2.05, 4.69) is 20.2 Å². The number of piperidine rings is 1. The number of benzene rings is 1. The highest BCUT2D eigenvalue weighted by atomic mass is 16.5. The lowest BCUT2D eigenvalue weighted by molar-refractivity contribution is 0.102. The molecule has 2 heterocycles. The van der Waals surface area contributed by atoms with Crippen molar-refractivity contribution in [3.63, 3.8) is 0 Å². The van der Waals surface area contributed by atoms with E-state index in [1.165, 1.54) is 12.7 Å². The number of aromatic nitrogens is 2. The molecule has 23 heavy (non-hydrogen) atoms. The van der Waals surface area contributed by atoms with E-state index in [0.717, 1.165) is 31.7 Å². The van der Waals surface area contributed by atoms with Crippen LogP contribution < -0.4 is 15.0 Å². The molecular weight excluding hydrogens is 292 g/mol. The zero-order valence-corrected chi connectivity index (χ0v) is 13.2. The number of amides is 1. The monoisotopic (exact) mass is 312 g/mol. The third-order valence-electron chi connectivity index (χ3n) is 3.89. The summed E-state index contributed by atoms with van der Waals surface area (Å²) < 4.78 is 5.16. The van der Waals surface area contributed by atoms with Gasteiger partial charge in [-0.3, -0.25) is 4.79 Å². The van der Waals surface area contributed by atoms with Crippen molar-refractivity contribution in [1.82, 2.24) is 9.97 Å². The number of rotatable bonds is 4. The van der Waals surface area contributed by atoms with E-state index in [9.17, 15) is 4.79 Å². The maximum Gasteiger partial charge on any atom is 0.274 e. The quantitative estimate of drug-likeness (QED) is 0.940. The summed E-state index contributed by atoms with van der Waals surface area (Å²) in [6.07, 6.45) is 5.03. The maximum absolute atomic E-state index is 12.4. The summed E-state index contributed by atoms with van der Waals surface area (Å²) >= 11 is 0.